The summed E-state index contributed by atoms with van der Waals surface area (Å²) in [6.07, 6.45) is 0.572. The molecule has 0 radical (unpaired) electrons. The number of benzene rings is 1. The van der Waals surface area contributed by atoms with Crippen molar-refractivity contribution in [3.05, 3.63) is 21.8 Å². The zero-order chi connectivity index (χ0) is 14.2. The molecule has 0 saturated carbocycles. The van der Waals surface area contributed by atoms with E-state index in [1.165, 1.54) is 0 Å². The van der Waals surface area contributed by atoms with E-state index in [0.717, 1.165) is 28.0 Å². The molecule has 0 saturated heterocycles. The lowest BCUT2D eigenvalue weighted by atomic mass is 9.92. The van der Waals surface area contributed by atoms with Crippen LogP contribution in [0.5, 0.6) is 5.75 Å². The van der Waals surface area contributed by atoms with Gasteiger partial charge in [0.05, 0.1) is 5.69 Å². The van der Waals surface area contributed by atoms with Crippen molar-refractivity contribution < 1.29 is 9.53 Å². The second kappa shape index (κ2) is 5.31. The van der Waals surface area contributed by atoms with Crippen molar-refractivity contribution in [3.8, 4) is 5.75 Å². The van der Waals surface area contributed by atoms with E-state index in [2.05, 4.69) is 43.4 Å². The van der Waals surface area contributed by atoms with E-state index in [9.17, 15) is 4.79 Å². The largest absolute Gasteiger partial charge is 0.479 e. The summed E-state index contributed by atoms with van der Waals surface area (Å²) in [6, 6.07) is 5.97. The molecule has 2 rings (SSSR count). The minimum absolute atomic E-state index is 0.0537. The monoisotopic (exact) mass is 373 g/mol. The zero-order valence-electron chi connectivity index (χ0n) is 11.9. The molecule has 1 aromatic rings. The number of halogens is 1. The van der Waals surface area contributed by atoms with Crippen molar-refractivity contribution in [2.45, 2.75) is 40.2 Å². The summed E-state index contributed by atoms with van der Waals surface area (Å²) < 4.78 is 6.81. The van der Waals surface area contributed by atoms with Crippen LogP contribution in [0.3, 0.4) is 0 Å². The third-order valence-corrected chi connectivity index (χ3v) is 3.89. The summed E-state index contributed by atoms with van der Waals surface area (Å²) >= 11 is 2.26. The Morgan fingerprint density at radius 1 is 1.37 bits per heavy atom. The van der Waals surface area contributed by atoms with Crippen molar-refractivity contribution in [2.24, 2.45) is 5.41 Å². The molecule has 1 heterocycles. The van der Waals surface area contributed by atoms with Crippen LogP contribution >= 0.6 is 22.6 Å². The molecule has 0 N–H and O–H groups in total. The van der Waals surface area contributed by atoms with Gasteiger partial charge in [-0.3, -0.25) is 4.79 Å². The predicted molar refractivity (Wildman–Crippen MR) is 85.7 cm³/mol. The highest BCUT2D eigenvalue weighted by Crippen LogP contribution is 2.36. The molecule has 1 atom stereocenters. The number of rotatable bonds is 2. The van der Waals surface area contributed by atoms with Crippen LogP contribution in [0.4, 0.5) is 5.69 Å². The number of hydrogen-bond donors (Lipinski definition) is 0. The van der Waals surface area contributed by atoms with E-state index >= 15 is 0 Å². The highest BCUT2D eigenvalue weighted by Gasteiger charge is 2.31. The molecule has 19 heavy (non-hydrogen) atoms. The van der Waals surface area contributed by atoms with Crippen LogP contribution in [0.15, 0.2) is 18.2 Å². The first-order chi connectivity index (χ1) is 8.78. The molecular formula is C15H20INO2. The Bertz CT molecular complexity index is 493. The molecular weight excluding hydrogens is 353 g/mol. The Morgan fingerprint density at radius 2 is 2.05 bits per heavy atom. The van der Waals surface area contributed by atoms with Gasteiger partial charge < -0.3 is 9.64 Å². The Morgan fingerprint density at radius 3 is 2.68 bits per heavy atom. The minimum Gasteiger partial charge on any atom is -0.479 e. The summed E-state index contributed by atoms with van der Waals surface area (Å²) in [4.78, 5) is 14.2. The lowest BCUT2D eigenvalue weighted by Gasteiger charge is -2.34. The van der Waals surface area contributed by atoms with Crippen LogP contribution in [0.2, 0.25) is 0 Å². The van der Waals surface area contributed by atoms with Crippen LogP contribution in [-0.4, -0.2) is 18.6 Å². The first-order valence-electron chi connectivity index (χ1n) is 6.55. The topological polar surface area (TPSA) is 29.5 Å². The van der Waals surface area contributed by atoms with Gasteiger partial charge in [0.2, 0.25) is 0 Å². The molecule has 0 bridgehead atoms. The fourth-order valence-electron chi connectivity index (χ4n) is 2.06. The molecule has 0 aromatic heterocycles. The number of fused-ring (bicyclic) bond motifs is 1. The van der Waals surface area contributed by atoms with Crippen LogP contribution in [0.25, 0.3) is 0 Å². The van der Waals surface area contributed by atoms with E-state index in [4.69, 9.17) is 4.74 Å². The van der Waals surface area contributed by atoms with Gasteiger partial charge in [-0.25, -0.2) is 0 Å². The second-order valence-corrected chi connectivity index (χ2v) is 7.42. The van der Waals surface area contributed by atoms with Gasteiger partial charge >= 0.3 is 0 Å². The van der Waals surface area contributed by atoms with Crippen molar-refractivity contribution >= 4 is 34.2 Å². The normalized spacial score (nSPS) is 19.1. The molecule has 1 aliphatic rings. The van der Waals surface area contributed by atoms with Crippen molar-refractivity contribution in [2.75, 3.05) is 11.4 Å². The third kappa shape index (κ3) is 3.41. The van der Waals surface area contributed by atoms with E-state index < -0.39 is 6.10 Å². The van der Waals surface area contributed by atoms with Crippen molar-refractivity contribution in [3.63, 3.8) is 0 Å². The summed E-state index contributed by atoms with van der Waals surface area (Å²) in [5.74, 6) is 0.867. The summed E-state index contributed by atoms with van der Waals surface area (Å²) in [6.45, 7) is 9.13. The van der Waals surface area contributed by atoms with Gasteiger partial charge in [-0.15, -0.1) is 0 Å². The van der Waals surface area contributed by atoms with Gasteiger partial charge in [-0.05, 0) is 59.5 Å². The summed E-state index contributed by atoms with van der Waals surface area (Å²) in [5, 5.41) is 0. The SMILES string of the molecule is CC1Oc2cc(I)ccc2N(CCC(C)(C)C)C1=O. The van der Waals surface area contributed by atoms with Gasteiger partial charge in [-0.2, -0.15) is 0 Å². The Hall–Kier alpha value is -0.780. The first kappa shape index (κ1) is 14.6. The van der Waals surface area contributed by atoms with Gasteiger partial charge in [0.25, 0.3) is 5.91 Å². The smallest absolute Gasteiger partial charge is 0.267 e. The highest BCUT2D eigenvalue weighted by atomic mass is 127. The molecule has 0 fully saturated rings. The van der Waals surface area contributed by atoms with E-state index in [0.29, 0.717) is 0 Å². The van der Waals surface area contributed by atoms with Gasteiger partial charge in [0.1, 0.15) is 5.75 Å². The number of nitrogens with zero attached hydrogens (tertiary/aromatic N) is 1. The number of hydrogen-bond acceptors (Lipinski definition) is 2. The van der Waals surface area contributed by atoms with Crippen molar-refractivity contribution in [1.82, 2.24) is 0 Å². The molecule has 0 spiro atoms. The number of carbonyl (C=O) groups excluding carboxylic acids is 1. The molecule has 104 valence electrons. The van der Waals surface area contributed by atoms with Crippen LogP contribution in [0, 0.1) is 8.99 Å². The number of ether oxygens (including phenoxy) is 1. The lowest BCUT2D eigenvalue weighted by molar-refractivity contribution is -0.125. The van der Waals surface area contributed by atoms with Crippen molar-refractivity contribution in [1.29, 1.82) is 0 Å². The number of amides is 1. The van der Waals surface area contributed by atoms with E-state index in [1.54, 1.807) is 0 Å². The van der Waals surface area contributed by atoms with Gasteiger partial charge in [0.15, 0.2) is 6.10 Å². The Balaban J connectivity index is 2.29. The maximum Gasteiger partial charge on any atom is 0.267 e. The van der Waals surface area contributed by atoms with Gasteiger partial charge in [-0.1, -0.05) is 20.8 Å². The number of carbonyl (C=O) groups is 1. The molecule has 0 aliphatic carbocycles. The predicted octanol–water partition coefficient (Wildman–Crippen LogP) is 3.84. The highest BCUT2D eigenvalue weighted by molar-refractivity contribution is 14.1. The summed E-state index contributed by atoms with van der Waals surface area (Å²) in [7, 11) is 0. The van der Waals surface area contributed by atoms with Crippen LogP contribution < -0.4 is 9.64 Å². The number of anilines is 1. The average Bonchev–Trinajstić information content (AvgIpc) is 2.28. The molecule has 3 nitrogen and oxygen atoms in total. The average molecular weight is 373 g/mol. The quantitative estimate of drug-likeness (QED) is 0.738. The van der Waals surface area contributed by atoms with E-state index in [1.807, 2.05) is 30.0 Å². The maximum absolute atomic E-state index is 12.3. The van der Waals surface area contributed by atoms with Crippen LogP contribution in [0.1, 0.15) is 34.1 Å². The van der Waals surface area contributed by atoms with E-state index in [-0.39, 0.29) is 11.3 Å². The van der Waals surface area contributed by atoms with Gasteiger partial charge in [0, 0.05) is 10.1 Å². The Labute approximate surface area is 128 Å². The zero-order valence-corrected chi connectivity index (χ0v) is 14.0. The fraction of sp³-hybridized carbons (Fsp3) is 0.533. The molecule has 1 amide bonds. The fourth-order valence-corrected chi connectivity index (χ4v) is 2.52. The van der Waals surface area contributed by atoms with Crippen LogP contribution in [-0.2, 0) is 4.79 Å². The molecule has 4 heteroatoms. The summed E-state index contributed by atoms with van der Waals surface area (Å²) in [5.41, 5.74) is 1.11. The molecule has 1 aromatic carbocycles. The first-order valence-corrected chi connectivity index (χ1v) is 7.63. The second-order valence-electron chi connectivity index (χ2n) is 6.17. The minimum atomic E-state index is -0.398. The lowest BCUT2D eigenvalue weighted by Crippen LogP contribution is -2.45. The molecule has 1 aliphatic heterocycles. The third-order valence-electron chi connectivity index (χ3n) is 3.22. The standard InChI is InChI=1S/C15H20INO2/c1-10-14(18)17(8-7-15(2,3)4)12-6-5-11(16)9-13(12)19-10/h5-6,9-10H,7-8H2,1-4H3. The molecule has 1 unspecified atom stereocenters. The maximum atomic E-state index is 12.3. The Kier molecular flexibility index (Phi) is 4.08.